The molecule has 0 fully saturated rings. The van der Waals surface area contributed by atoms with Crippen LogP contribution in [0.15, 0.2) is 69.5 Å². The molecular formula is C21H18N4O3S. The highest BCUT2D eigenvalue weighted by Gasteiger charge is 2.19. The Bertz CT molecular complexity index is 1110. The zero-order chi connectivity index (χ0) is 20.2. The van der Waals surface area contributed by atoms with E-state index in [0.29, 0.717) is 23.1 Å². The third-order valence-electron chi connectivity index (χ3n) is 4.46. The number of hydrogen-bond acceptors (Lipinski definition) is 7. The van der Waals surface area contributed by atoms with Gasteiger partial charge in [-0.1, -0.05) is 35.9 Å². The Morgan fingerprint density at radius 2 is 2.14 bits per heavy atom. The number of benzene rings is 1. The predicted octanol–water partition coefficient (Wildman–Crippen LogP) is 5.15. The fraction of sp³-hybridized carbons (Fsp3) is 0.143. The maximum absolute atomic E-state index is 10.8. The van der Waals surface area contributed by atoms with E-state index in [1.807, 2.05) is 29.7 Å². The lowest BCUT2D eigenvalue weighted by Crippen LogP contribution is -2.17. The van der Waals surface area contributed by atoms with Crippen LogP contribution >= 0.6 is 11.3 Å². The zero-order valence-electron chi connectivity index (χ0n) is 15.6. The Kier molecular flexibility index (Phi) is 5.35. The van der Waals surface area contributed by atoms with Crippen LogP contribution in [0.4, 0.5) is 5.13 Å². The normalized spacial score (nSPS) is 16.2. The highest BCUT2D eigenvalue weighted by molar-refractivity contribution is 7.14. The number of aromatic nitrogens is 1. The molecule has 1 atom stereocenters. The van der Waals surface area contributed by atoms with Crippen LogP contribution < -0.4 is 5.43 Å². The van der Waals surface area contributed by atoms with E-state index in [1.165, 1.54) is 16.9 Å². The summed E-state index contributed by atoms with van der Waals surface area (Å²) in [5.41, 5.74) is 6.92. The Hall–Kier alpha value is -3.52. The zero-order valence-corrected chi connectivity index (χ0v) is 16.4. The molecule has 29 heavy (non-hydrogen) atoms. The van der Waals surface area contributed by atoms with Crippen molar-refractivity contribution in [3.05, 3.63) is 87.2 Å². The molecule has 0 bridgehead atoms. The second kappa shape index (κ2) is 8.24. The topological polar surface area (TPSA) is 93.6 Å². The van der Waals surface area contributed by atoms with E-state index in [-0.39, 0.29) is 4.92 Å². The van der Waals surface area contributed by atoms with Gasteiger partial charge in [0.05, 0.1) is 11.9 Å². The Morgan fingerprint density at radius 1 is 1.31 bits per heavy atom. The summed E-state index contributed by atoms with van der Waals surface area (Å²) in [6.07, 6.45) is 7.05. The largest absolute Gasteiger partial charge is 0.455 e. The van der Waals surface area contributed by atoms with Gasteiger partial charge in [-0.05, 0) is 31.2 Å². The van der Waals surface area contributed by atoms with E-state index >= 15 is 0 Å². The van der Waals surface area contributed by atoms with Crippen molar-refractivity contribution >= 4 is 28.3 Å². The second-order valence-electron chi connectivity index (χ2n) is 6.58. The summed E-state index contributed by atoms with van der Waals surface area (Å²) >= 11 is 1.47. The molecule has 2 aromatic heterocycles. The molecule has 2 heterocycles. The minimum Gasteiger partial charge on any atom is -0.455 e. The first kappa shape index (κ1) is 18.8. The maximum atomic E-state index is 10.8. The molecule has 0 spiro atoms. The van der Waals surface area contributed by atoms with Crippen molar-refractivity contribution in [1.82, 2.24) is 4.98 Å². The summed E-state index contributed by atoms with van der Waals surface area (Å²) in [6, 6.07) is 11.2. The number of nitrogens with one attached hydrogen (secondary N) is 1. The number of thiazole rings is 1. The van der Waals surface area contributed by atoms with Gasteiger partial charge in [0.15, 0.2) is 0 Å². The number of furan rings is 1. The molecule has 0 amide bonds. The van der Waals surface area contributed by atoms with Gasteiger partial charge in [0.25, 0.3) is 0 Å². The van der Waals surface area contributed by atoms with Crippen LogP contribution in [0.1, 0.15) is 23.5 Å². The molecular weight excluding hydrogens is 388 g/mol. The molecule has 1 aromatic carbocycles. The van der Waals surface area contributed by atoms with E-state index in [4.69, 9.17) is 4.42 Å². The third-order valence-corrected chi connectivity index (χ3v) is 5.21. The van der Waals surface area contributed by atoms with Crippen LogP contribution in [0, 0.1) is 17.0 Å². The fourth-order valence-corrected chi connectivity index (χ4v) is 3.53. The lowest BCUT2D eigenvalue weighted by Gasteiger charge is -2.08. The summed E-state index contributed by atoms with van der Waals surface area (Å²) in [5.74, 6) is 1.23. The first-order chi connectivity index (χ1) is 14.1. The monoisotopic (exact) mass is 406 g/mol. The highest BCUT2D eigenvalue weighted by Crippen LogP contribution is 2.26. The molecule has 0 saturated heterocycles. The number of anilines is 1. The molecule has 4 rings (SSSR count). The van der Waals surface area contributed by atoms with Gasteiger partial charge in [-0.15, -0.1) is 11.3 Å². The average molecular weight is 406 g/mol. The molecule has 3 aromatic rings. The van der Waals surface area contributed by atoms with Crippen molar-refractivity contribution < 1.29 is 9.34 Å². The van der Waals surface area contributed by atoms with Crippen LogP contribution in [0.5, 0.6) is 0 Å². The predicted molar refractivity (Wildman–Crippen MR) is 115 cm³/mol. The van der Waals surface area contributed by atoms with Gasteiger partial charge in [0, 0.05) is 27.9 Å². The van der Waals surface area contributed by atoms with Crippen LogP contribution in [0.25, 0.3) is 16.8 Å². The first-order valence-corrected chi connectivity index (χ1v) is 9.90. The summed E-state index contributed by atoms with van der Waals surface area (Å²) in [5, 5.41) is 17.7. The van der Waals surface area contributed by atoms with Gasteiger partial charge in [0.1, 0.15) is 11.5 Å². The molecule has 1 aliphatic carbocycles. The Morgan fingerprint density at radius 3 is 2.86 bits per heavy atom. The lowest BCUT2D eigenvalue weighted by atomic mass is 10.0. The molecule has 0 aliphatic heterocycles. The maximum Gasteiger partial charge on any atom is 0.235 e. The number of hydrogen-bond donors (Lipinski definition) is 1. The molecule has 146 valence electrons. The SMILES string of the molecule is Cc1ccc(-c2csc(N/N=C/c3ccc(C4=CCC([N+](=O)[O-])C=C4)o3)n2)cc1. The number of allylic oxidation sites excluding steroid dienone is 2. The van der Waals surface area contributed by atoms with Crippen LogP contribution in [-0.4, -0.2) is 22.2 Å². The minimum atomic E-state index is -0.665. The molecule has 1 N–H and O–H groups in total. The molecule has 1 unspecified atom stereocenters. The van der Waals surface area contributed by atoms with E-state index in [0.717, 1.165) is 16.8 Å². The summed E-state index contributed by atoms with van der Waals surface area (Å²) in [6.45, 7) is 2.05. The standard InChI is InChI=1S/C21H18N4O3S/c1-14-2-4-15(5-3-14)19-13-29-21(23-19)24-22-12-18-10-11-20(28-18)16-6-8-17(9-7-16)25(26)27/h2-8,10-13,17H,9H2,1H3,(H,23,24)/b22-12+. The van der Waals surface area contributed by atoms with E-state index in [9.17, 15) is 10.1 Å². The van der Waals surface area contributed by atoms with Gasteiger partial charge in [-0.25, -0.2) is 4.98 Å². The van der Waals surface area contributed by atoms with Crippen LogP contribution in [0.2, 0.25) is 0 Å². The molecule has 0 radical (unpaired) electrons. The van der Waals surface area contributed by atoms with Gasteiger partial charge >= 0.3 is 0 Å². The lowest BCUT2D eigenvalue weighted by molar-refractivity contribution is -0.508. The quantitative estimate of drug-likeness (QED) is 0.347. The summed E-state index contributed by atoms with van der Waals surface area (Å²) in [7, 11) is 0. The average Bonchev–Trinajstić information content (AvgIpc) is 3.39. The molecule has 1 aliphatic rings. The number of nitro groups is 1. The van der Waals surface area contributed by atoms with Crippen LogP contribution in [0.3, 0.4) is 0 Å². The minimum absolute atomic E-state index is 0.293. The molecule has 7 nitrogen and oxygen atoms in total. The number of nitrogens with zero attached hydrogens (tertiary/aromatic N) is 3. The van der Waals surface area contributed by atoms with Crippen molar-refractivity contribution in [2.75, 3.05) is 5.43 Å². The number of hydrazone groups is 1. The van der Waals surface area contributed by atoms with Crippen molar-refractivity contribution in [2.24, 2.45) is 5.10 Å². The number of rotatable bonds is 6. The summed E-state index contributed by atoms with van der Waals surface area (Å²) in [4.78, 5) is 15.0. The fourth-order valence-electron chi connectivity index (χ4n) is 2.86. The van der Waals surface area contributed by atoms with Gasteiger partial charge in [-0.3, -0.25) is 15.5 Å². The second-order valence-corrected chi connectivity index (χ2v) is 7.44. The third kappa shape index (κ3) is 4.49. The van der Waals surface area contributed by atoms with Crippen molar-refractivity contribution in [1.29, 1.82) is 0 Å². The van der Waals surface area contributed by atoms with Gasteiger partial charge in [0.2, 0.25) is 11.2 Å². The Labute approximate surface area is 171 Å². The van der Waals surface area contributed by atoms with Crippen molar-refractivity contribution in [2.45, 2.75) is 19.4 Å². The van der Waals surface area contributed by atoms with E-state index in [1.54, 1.807) is 24.4 Å². The van der Waals surface area contributed by atoms with Crippen LogP contribution in [-0.2, 0) is 0 Å². The van der Waals surface area contributed by atoms with Gasteiger partial charge in [-0.2, -0.15) is 5.10 Å². The van der Waals surface area contributed by atoms with E-state index in [2.05, 4.69) is 34.6 Å². The van der Waals surface area contributed by atoms with Crippen molar-refractivity contribution in [3.8, 4) is 11.3 Å². The smallest absolute Gasteiger partial charge is 0.235 e. The first-order valence-electron chi connectivity index (χ1n) is 9.02. The van der Waals surface area contributed by atoms with Gasteiger partial charge < -0.3 is 4.42 Å². The Balaban J connectivity index is 1.37. The van der Waals surface area contributed by atoms with E-state index < -0.39 is 6.04 Å². The molecule has 0 saturated carbocycles. The highest BCUT2D eigenvalue weighted by atomic mass is 32.1. The molecule has 8 heteroatoms. The van der Waals surface area contributed by atoms with Crippen molar-refractivity contribution in [3.63, 3.8) is 0 Å². The number of aryl methyl sites for hydroxylation is 1. The summed E-state index contributed by atoms with van der Waals surface area (Å²) < 4.78 is 5.75.